The maximum atomic E-state index is 12.5. The van der Waals surface area contributed by atoms with Crippen LogP contribution in [0.2, 0.25) is 0 Å². The first-order valence-electron chi connectivity index (χ1n) is 5.56. The van der Waals surface area contributed by atoms with E-state index in [0.717, 1.165) is 6.42 Å². The van der Waals surface area contributed by atoms with Crippen LogP contribution in [0.5, 0.6) is 0 Å². The van der Waals surface area contributed by atoms with Crippen molar-refractivity contribution < 1.29 is 8.42 Å². The van der Waals surface area contributed by atoms with E-state index < -0.39 is 14.6 Å². The largest absolute Gasteiger partial charge is 0.327 e. The Morgan fingerprint density at radius 2 is 1.81 bits per heavy atom. The fourth-order valence-electron chi connectivity index (χ4n) is 2.33. The zero-order valence-electron chi connectivity index (χ0n) is 9.39. The van der Waals surface area contributed by atoms with Gasteiger partial charge in [-0.2, -0.15) is 0 Å². The molecule has 1 atom stereocenters. The molecule has 0 spiro atoms. The molecule has 1 fully saturated rings. The highest BCUT2D eigenvalue weighted by atomic mass is 32.2. The van der Waals surface area contributed by atoms with Crippen molar-refractivity contribution in [3.8, 4) is 0 Å². The fourth-order valence-corrected chi connectivity index (χ4v) is 4.63. The Kier molecular flexibility index (Phi) is 2.80. The summed E-state index contributed by atoms with van der Waals surface area (Å²) in [5.74, 6) is 0. The fraction of sp³-hybridized carbons (Fsp3) is 0.500. The second kappa shape index (κ2) is 3.86. The van der Waals surface area contributed by atoms with Gasteiger partial charge in [0.25, 0.3) is 0 Å². The van der Waals surface area contributed by atoms with E-state index in [4.69, 9.17) is 5.73 Å². The van der Waals surface area contributed by atoms with Crippen LogP contribution in [0, 0.1) is 0 Å². The summed E-state index contributed by atoms with van der Waals surface area (Å²) in [5, 5.41) is 0. The normalized spacial score (nSPS) is 21.1. The van der Waals surface area contributed by atoms with Crippen LogP contribution < -0.4 is 5.73 Å². The summed E-state index contributed by atoms with van der Waals surface area (Å²) in [6, 6.07) is 8.31. The van der Waals surface area contributed by atoms with E-state index in [0.29, 0.717) is 17.7 Å². The average Bonchev–Trinajstić information content (AvgIpc) is 2.16. The van der Waals surface area contributed by atoms with Crippen LogP contribution in [0.15, 0.2) is 35.2 Å². The highest BCUT2D eigenvalue weighted by Crippen LogP contribution is 2.44. The molecular formula is C12H17NO2S. The first-order valence-corrected chi connectivity index (χ1v) is 7.04. The predicted octanol–water partition coefficient (Wildman–Crippen LogP) is 1.73. The molecule has 1 aromatic rings. The molecule has 0 saturated heterocycles. The molecule has 2 N–H and O–H groups in total. The lowest BCUT2D eigenvalue weighted by molar-refractivity contribution is 0.296. The van der Waals surface area contributed by atoms with Gasteiger partial charge in [-0.05, 0) is 31.9 Å². The number of nitrogens with two attached hydrogens (primary N) is 1. The van der Waals surface area contributed by atoms with Crippen molar-refractivity contribution >= 4 is 9.84 Å². The van der Waals surface area contributed by atoms with Gasteiger partial charge in [-0.15, -0.1) is 0 Å². The molecule has 0 bridgehead atoms. The van der Waals surface area contributed by atoms with Crippen LogP contribution in [0.3, 0.4) is 0 Å². The Balaban J connectivity index is 2.47. The monoisotopic (exact) mass is 239 g/mol. The minimum atomic E-state index is -3.29. The zero-order valence-corrected chi connectivity index (χ0v) is 10.2. The first-order chi connectivity index (χ1) is 7.51. The van der Waals surface area contributed by atoms with Crippen LogP contribution >= 0.6 is 0 Å². The molecule has 0 amide bonds. The van der Waals surface area contributed by atoms with Gasteiger partial charge in [0, 0.05) is 6.04 Å². The van der Waals surface area contributed by atoms with Crippen LogP contribution in [0.25, 0.3) is 0 Å². The van der Waals surface area contributed by atoms with Gasteiger partial charge in [0.05, 0.1) is 9.64 Å². The maximum Gasteiger partial charge on any atom is 0.185 e. The summed E-state index contributed by atoms with van der Waals surface area (Å²) < 4.78 is 24.3. The van der Waals surface area contributed by atoms with Gasteiger partial charge in [-0.1, -0.05) is 24.6 Å². The third-order valence-electron chi connectivity index (χ3n) is 3.62. The summed E-state index contributed by atoms with van der Waals surface area (Å²) in [6.07, 6.45) is 2.32. The number of rotatable bonds is 3. The third-order valence-corrected chi connectivity index (χ3v) is 6.36. The van der Waals surface area contributed by atoms with E-state index in [2.05, 4.69) is 0 Å². The molecule has 1 aromatic carbocycles. The molecule has 3 nitrogen and oxygen atoms in total. The first kappa shape index (κ1) is 11.6. The van der Waals surface area contributed by atoms with Crippen molar-refractivity contribution in [3.63, 3.8) is 0 Å². The van der Waals surface area contributed by atoms with Gasteiger partial charge >= 0.3 is 0 Å². The highest BCUT2D eigenvalue weighted by Gasteiger charge is 2.52. The van der Waals surface area contributed by atoms with Crippen LogP contribution in [0.1, 0.15) is 26.2 Å². The van der Waals surface area contributed by atoms with Crippen LogP contribution in [0.4, 0.5) is 0 Å². The number of sulfone groups is 1. The van der Waals surface area contributed by atoms with Crippen LogP contribution in [-0.4, -0.2) is 19.2 Å². The Labute approximate surface area is 96.6 Å². The van der Waals surface area contributed by atoms with Crippen molar-refractivity contribution in [2.75, 3.05) is 0 Å². The molecule has 0 aliphatic heterocycles. The molecule has 1 unspecified atom stereocenters. The SMILES string of the molecule is CC(N)C1(S(=O)(=O)c2ccccc2)CCC1. The van der Waals surface area contributed by atoms with E-state index in [9.17, 15) is 8.42 Å². The smallest absolute Gasteiger partial charge is 0.185 e. The minimum absolute atomic E-state index is 0.313. The highest BCUT2D eigenvalue weighted by molar-refractivity contribution is 7.93. The molecular weight excluding hydrogens is 222 g/mol. The standard InChI is InChI=1S/C12H17NO2S/c1-10(13)12(8-5-9-12)16(14,15)11-6-3-2-4-7-11/h2-4,6-7,10H,5,8-9,13H2,1H3. The van der Waals surface area contributed by atoms with E-state index in [1.807, 2.05) is 6.07 Å². The molecule has 2 rings (SSSR count). The van der Waals surface area contributed by atoms with E-state index >= 15 is 0 Å². The summed E-state index contributed by atoms with van der Waals surface area (Å²) in [6.45, 7) is 1.79. The average molecular weight is 239 g/mol. The van der Waals surface area contributed by atoms with Crippen molar-refractivity contribution in [3.05, 3.63) is 30.3 Å². The van der Waals surface area contributed by atoms with Gasteiger partial charge in [0.1, 0.15) is 0 Å². The summed E-state index contributed by atoms with van der Waals surface area (Å²) in [4.78, 5) is 0.395. The van der Waals surface area contributed by atoms with Gasteiger partial charge in [-0.25, -0.2) is 8.42 Å². The zero-order chi connectivity index (χ0) is 11.8. The third kappa shape index (κ3) is 1.48. The number of hydrogen-bond acceptors (Lipinski definition) is 3. The quantitative estimate of drug-likeness (QED) is 0.873. The summed E-state index contributed by atoms with van der Waals surface area (Å²) in [7, 11) is -3.29. The molecule has 1 aliphatic carbocycles. The summed E-state index contributed by atoms with van der Waals surface area (Å²) >= 11 is 0. The second-order valence-corrected chi connectivity index (χ2v) is 6.81. The molecule has 4 heteroatoms. The number of benzene rings is 1. The molecule has 0 aromatic heterocycles. The Morgan fingerprint density at radius 1 is 1.25 bits per heavy atom. The van der Waals surface area contributed by atoms with E-state index in [1.54, 1.807) is 31.2 Å². The van der Waals surface area contributed by atoms with Crippen molar-refractivity contribution in [1.29, 1.82) is 0 Å². The molecule has 88 valence electrons. The van der Waals surface area contributed by atoms with Gasteiger partial charge in [0.2, 0.25) is 0 Å². The van der Waals surface area contributed by atoms with Crippen molar-refractivity contribution in [2.24, 2.45) is 5.73 Å². The topological polar surface area (TPSA) is 60.2 Å². The Morgan fingerprint density at radius 3 is 2.19 bits per heavy atom. The lowest BCUT2D eigenvalue weighted by Crippen LogP contribution is -2.56. The van der Waals surface area contributed by atoms with Crippen LogP contribution in [-0.2, 0) is 9.84 Å². The lowest BCUT2D eigenvalue weighted by atomic mass is 9.79. The molecule has 0 heterocycles. The predicted molar refractivity (Wildman–Crippen MR) is 63.9 cm³/mol. The lowest BCUT2D eigenvalue weighted by Gasteiger charge is -2.44. The van der Waals surface area contributed by atoms with Crippen molar-refractivity contribution in [1.82, 2.24) is 0 Å². The van der Waals surface area contributed by atoms with Crippen molar-refractivity contribution in [2.45, 2.75) is 41.9 Å². The second-order valence-electron chi connectivity index (χ2n) is 4.52. The van der Waals surface area contributed by atoms with Gasteiger partial charge in [0.15, 0.2) is 9.84 Å². The van der Waals surface area contributed by atoms with Gasteiger partial charge in [-0.3, -0.25) is 0 Å². The van der Waals surface area contributed by atoms with E-state index in [1.165, 1.54) is 0 Å². The molecule has 1 saturated carbocycles. The molecule has 16 heavy (non-hydrogen) atoms. The van der Waals surface area contributed by atoms with Gasteiger partial charge < -0.3 is 5.73 Å². The Bertz CT molecular complexity index is 461. The Hall–Kier alpha value is -0.870. The maximum absolute atomic E-state index is 12.5. The molecule has 0 radical (unpaired) electrons. The minimum Gasteiger partial charge on any atom is -0.327 e. The number of hydrogen-bond donors (Lipinski definition) is 1. The summed E-state index contributed by atoms with van der Waals surface area (Å²) in [5.41, 5.74) is 5.88. The molecule has 1 aliphatic rings. The van der Waals surface area contributed by atoms with E-state index in [-0.39, 0.29) is 6.04 Å².